The fourth-order valence-electron chi connectivity index (χ4n) is 2.06. The van der Waals surface area contributed by atoms with Crippen LogP contribution in [0.4, 0.5) is 5.69 Å². The summed E-state index contributed by atoms with van der Waals surface area (Å²) in [7, 11) is 0. The average Bonchev–Trinajstić information content (AvgIpc) is 3.10. The van der Waals surface area contributed by atoms with Crippen LogP contribution in [0.1, 0.15) is 23.2 Å². The van der Waals surface area contributed by atoms with Gasteiger partial charge in [0.25, 0.3) is 5.91 Å². The highest BCUT2D eigenvalue weighted by molar-refractivity contribution is 7.99. The van der Waals surface area contributed by atoms with Crippen LogP contribution in [0.5, 0.6) is 0 Å². The number of hydrogen-bond donors (Lipinski definition) is 3. The van der Waals surface area contributed by atoms with Crippen molar-refractivity contribution in [3.8, 4) is 0 Å². The molecule has 1 aliphatic heterocycles. The third-order valence-corrected chi connectivity index (χ3v) is 4.69. The molecule has 5 nitrogen and oxygen atoms in total. The highest BCUT2D eigenvalue weighted by Gasteiger charge is 2.25. The first-order chi connectivity index (χ1) is 10.1. The van der Waals surface area contributed by atoms with Crippen molar-refractivity contribution in [2.45, 2.75) is 24.9 Å². The van der Waals surface area contributed by atoms with Crippen molar-refractivity contribution in [2.75, 3.05) is 16.9 Å². The Morgan fingerprint density at radius 3 is 2.81 bits per heavy atom. The van der Waals surface area contributed by atoms with Crippen LogP contribution >= 0.6 is 23.4 Å². The van der Waals surface area contributed by atoms with E-state index >= 15 is 0 Å². The van der Waals surface area contributed by atoms with Crippen LogP contribution in [0.3, 0.4) is 0 Å². The van der Waals surface area contributed by atoms with Crippen LogP contribution in [0, 0.1) is 0 Å². The topological polar surface area (TPSA) is 70.2 Å². The fraction of sp³-hybridized carbons (Fsp3) is 0.429. The lowest BCUT2D eigenvalue weighted by Gasteiger charge is -2.12. The van der Waals surface area contributed by atoms with E-state index in [0.717, 1.165) is 24.5 Å². The minimum atomic E-state index is -0.187. The second-order valence-corrected chi connectivity index (χ2v) is 6.64. The Hall–Kier alpha value is -1.24. The number of halogens is 1. The molecule has 2 fully saturated rings. The normalized spacial score (nSPS) is 21.1. The zero-order chi connectivity index (χ0) is 14.8. The molecule has 1 saturated carbocycles. The Morgan fingerprint density at radius 2 is 2.14 bits per heavy atom. The van der Waals surface area contributed by atoms with Crippen LogP contribution in [-0.2, 0) is 4.79 Å². The van der Waals surface area contributed by atoms with E-state index in [1.54, 1.807) is 30.0 Å². The van der Waals surface area contributed by atoms with Crippen molar-refractivity contribution >= 4 is 40.9 Å². The number of amides is 2. The van der Waals surface area contributed by atoms with Crippen molar-refractivity contribution in [3.63, 3.8) is 0 Å². The van der Waals surface area contributed by atoms with E-state index in [0.29, 0.717) is 16.3 Å². The lowest BCUT2D eigenvalue weighted by atomic mass is 10.1. The van der Waals surface area contributed by atoms with Crippen LogP contribution in [0.15, 0.2) is 18.2 Å². The molecule has 2 amide bonds. The van der Waals surface area contributed by atoms with Crippen molar-refractivity contribution in [3.05, 3.63) is 28.8 Å². The summed E-state index contributed by atoms with van der Waals surface area (Å²) in [6.07, 6.45) is 2.04. The molecule has 3 N–H and O–H groups in total. The molecule has 112 valence electrons. The molecule has 0 aromatic heterocycles. The first-order valence-electron chi connectivity index (χ1n) is 6.86. The van der Waals surface area contributed by atoms with Gasteiger partial charge in [-0.05, 0) is 31.0 Å². The minimum absolute atomic E-state index is 0.0872. The predicted octanol–water partition coefficient (Wildman–Crippen LogP) is 1.83. The Kier molecular flexibility index (Phi) is 4.37. The predicted molar refractivity (Wildman–Crippen MR) is 84.8 cm³/mol. The molecule has 2 aliphatic rings. The maximum Gasteiger partial charge on any atom is 0.253 e. The van der Waals surface area contributed by atoms with Crippen LogP contribution in [0.2, 0.25) is 5.02 Å². The van der Waals surface area contributed by atoms with E-state index in [1.165, 1.54) is 0 Å². The lowest BCUT2D eigenvalue weighted by Crippen LogP contribution is -2.37. The molecule has 1 heterocycles. The van der Waals surface area contributed by atoms with Crippen molar-refractivity contribution < 1.29 is 9.59 Å². The van der Waals surface area contributed by atoms with Gasteiger partial charge >= 0.3 is 0 Å². The smallest absolute Gasteiger partial charge is 0.253 e. The number of nitrogens with one attached hydrogen (secondary N) is 3. The highest BCUT2D eigenvalue weighted by Crippen LogP contribution is 2.24. The summed E-state index contributed by atoms with van der Waals surface area (Å²) in [6.45, 7) is 0. The molecule has 0 spiro atoms. The summed E-state index contributed by atoms with van der Waals surface area (Å²) >= 11 is 7.76. The SMILES string of the molecule is O=C(NC1CC1)c1cc(NC(=O)C2CSCN2)ccc1Cl. The Balaban J connectivity index is 1.70. The van der Waals surface area contributed by atoms with Crippen LogP contribution < -0.4 is 16.0 Å². The van der Waals surface area contributed by atoms with E-state index in [-0.39, 0.29) is 23.9 Å². The first-order valence-corrected chi connectivity index (χ1v) is 8.39. The average molecular weight is 326 g/mol. The third kappa shape index (κ3) is 3.70. The number of rotatable bonds is 4. The molecule has 1 saturated heterocycles. The van der Waals surface area contributed by atoms with Crippen LogP contribution in [0.25, 0.3) is 0 Å². The summed E-state index contributed by atoms with van der Waals surface area (Å²) in [5.41, 5.74) is 0.985. The Bertz CT molecular complexity index is 571. The Labute approximate surface area is 132 Å². The van der Waals surface area contributed by atoms with Gasteiger partial charge in [-0.2, -0.15) is 0 Å². The van der Waals surface area contributed by atoms with E-state index < -0.39 is 0 Å². The summed E-state index contributed by atoms with van der Waals surface area (Å²) in [4.78, 5) is 24.1. The van der Waals surface area contributed by atoms with Gasteiger partial charge in [0.1, 0.15) is 0 Å². The van der Waals surface area contributed by atoms with Gasteiger partial charge in [-0.15, -0.1) is 11.8 Å². The van der Waals surface area contributed by atoms with Gasteiger partial charge in [-0.3, -0.25) is 14.9 Å². The largest absolute Gasteiger partial charge is 0.349 e. The van der Waals surface area contributed by atoms with Gasteiger partial charge in [0.2, 0.25) is 5.91 Å². The highest BCUT2D eigenvalue weighted by atomic mass is 35.5. The summed E-state index contributed by atoms with van der Waals surface area (Å²) in [5.74, 6) is 1.27. The zero-order valence-electron chi connectivity index (χ0n) is 11.3. The Morgan fingerprint density at radius 1 is 1.33 bits per heavy atom. The standard InChI is InChI=1S/C14H16ClN3O2S/c15-11-4-3-9(18-14(20)12-6-21-7-16-12)5-10(11)13(19)17-8-1-2-8/h3-5,8,12,16H,1-2,6-7H2,(H,17,19)(H,18,20). The second kappa shape index (κ2) is 6.25. The van der Waals surface area contributed by atoms with Gasteiger partial charge in [-0.25, -0.2) is 0 Å². The number of hydrogen-bond acceptors (Lipinski definition) is 4. The van der Waals surface area contributed by atoms with Gasteiger partial charge < -0.3 is 10.6 Å². The summed E-state index contributed by atoms with van der Waals surface area (Å²) in [5, 5.41) is 9.21. The molecule has 1 aromatic carbocycles. The molecule has 1 atom stereocenters. The molecule has 0 bridgehead atoms. The maximum absolute atomic E-state index is 12.1. The summed E-state index contributed by atoms with van der Waals surface area (Å²) in [6, 6.07) is 5.05. The van der Waals surface area contributed by atoms with E-state index in [2.05, 4.69) is 16.0 Å². The lowest BCUT2D eigenvalue weighted by molar-refractivity contribution is -0.117. The van der Waals surface area contributed by atoms with E-state index in [9.17, 15) is 9.59 Å². The third-order valence-electron chi connectivity index (χ3n) is 3.42. The first kappa shape index (κ1) is 14.7. The number of anilines is 1. The number of carbonyl (C=O) groups is 2. The van der Waals surface area contributed by atoms with E-state index in [1.807, 2.05) is 0 Å². The number of thioether (sulfide) groups is 1. The molecule has 1 aromatic rings. The molecular weight excluding hydrogens is 310 g/mol. The molecule has 7 heteroatoms. The van der Waals surface area contributed by atoms with Crippen molar-refractivity contribution in [1.82, 2.24) is 10.6 Å². The molecular formula is C14H16ClN3O2S. The maximum atomic E-state index is 12.1. The molecule has 1 unspecified atom stereocenters. The number of carbonyl (C=O) groups excluding carboxylic acids is 2. The van der Waals surface area contributed by atoms with Crippen LogP contribution in [-0.4, -0.2) is 35.5 Å². The fourth-order valence-corrected chi connectivity index (χ4v) is 3.21. The quantitative estimate of drug-likeness (QED) is 0.790. The molecule has 3 rings (SSSR count). The second-order valence-electron chi connectivity index (χ2n) is 5.20. The van der Waals surface area contributed by atoms with Crippen molar-refractivity contribution in [1.29, 1.82) is 0 Å². The van der Waals surface area contributed by atoms with Gasteiger partial charge in [-0.1, -0.05) is 11.6 Å². The minimum Gasteiger partial charge on any atom is -0.349 e. The monoisotopic (exact) mass is 325 g/mol. The molecule has 1 aliphatic carbocycles. The van der Waals surface area contributed by atoms with Gasteiger partial charge in [0, 0.05) is 23.4 Å². The number of benzene rings is 1. The van der Waals surface area contributed by atoms with Crippen molar-refractivity contribution in [2.24, 2.45) is 0 Å². The van der Waals surface area contributed by atoms with Gasteiger partial charge in [0.05, 0.1) is 16.6 Å². The molecule has 0 radical (unpaired) electrons. The molecule has 21 heavy (non-hydrogen) atoms. The van der Waals surface area contributed by atoms with Gasteiger partial charge in [0.15, 0.2) is 0 Å². The zero-order valence-corrected chi connectivity index (χ0v) is 12.9. The summed E-state index contributed by atoms with van der Waals surface area (Å²) < 4.78 is 0. The van der Waals surface area contributed by atoms with E-state index in [4.69, 9.17) is 11.6 Å².